The number of rotatable bonds is 6. The van der Waals surface area contributed by atoms with Gasteiger partial charge in [-0.1, -0.05) is 39.0 Å². The number of aromatic nitrogens is 1. The molecule has 2 aromatic rings. The Morgan fingerprint density at radius 1 is 1.32 bits per heavy atom. The summed E-state index contributed by atoms with van der Waals surface area (Å²) in [6.07, 6.45) is 3.91. The van der Waals surface area contributed by atoms with E-state index in [4.69, 9.17) is 9.47 Å². The number of nitrogens with one attached hydrogen (secondary N) is 1. The van der Waals surface area contributed by atoms with Crippen LogP contribution in [0.15, 0.2) is 29.7 Å². The molecule has 1 amide bonds. The molecule has 0 aliphatic carbocycles. The Hall–Kier alpha value is -2.34. The number of benzene rings is 1. The molecule has 5 nitrogen and oxygen atoms in total. The zero-order chi connectivity index (χ0) is 18.4. The molecule has 1 heterocycles. The Morgan fingerprint density at radius 3 is 2.68 bits per heavy atom. The molecule has 0 fully saturated rings. The monoisotopic (exact) mass is 360 g/mol. The number of allylic oxidation sites excluding steroid dienone is 1. The van der Waals surface area contributed by atoms with Crippen LogP contribution in [-0.2, 0) is 10.2 Å². The lowest BCUT2D eigenvalue weighted by Crippen LogP contribution is -2.20. The van der Waals surface area contributed by atoms with Crippen molar-refractivity contribution in [2.45, 2.75) is 33.1 Å². The van der Waals surface area contributed by atoms with Gasteiger partial charge in [0.2, 0.25) is 0 Å². The Kier molecular flexibility index (Phi) is 6.20. The Labute approximate surface area is 152 Å². The van der Waals surface area contributed by atoms with Crippen LogP contribution in [0, 0.1) is 0 Å². The van der Waals surface area contributed by atoms with Crippen molar-refractivity contribution in [3.63, 3.8) is 0 Å². The van der Waals surface area contributed by atoms with Crippen molar-refractivity contribution in [3.05, 3.63) is 40.9 Å². The van der Waals surface area contributed by atoms with E-state index in [9.17, 15) is 4.79 Å². The average Bonchev–Trinajstić information content (AvgIpc) is 3.02. The van der Waals surface area contributed by atoms with Gasteiger partial charge in [0, 0.05) is 10.8 Å². The maximum absolute atomic E-state index is 12.1. The highest BCUT2D eigenvalue weighted by atomic mass is 32.1. The number of thiazole rings is 1. The van der Waals surface area contributed by atoms with Gasteiger partial charge in [0.15, 0.2) is 23.2 Å². The van der Waals surface area contributed by atoms with Gasteiger partial charge < -0.3 is 9.47 Å². The standard InChI is InChI=1S/C19H24N2O3S/c1-6-7-13-8-9-14(15(10-13)23-5)24-11-17(22)21-18-20-16(12-25-18)19(2,3)4/h6-10,12H,11H2,1-5H3,(H,20,21,22)/b7-6+. The topological polar surface area (TPSA) is 60.5 Å². The molecule has 134 valence electrons. The lowest BCUT2D eigenvalue weighted by molar-refractivity contribution is -0.118. The summed E-state index contributed by atoms with van der Waals surface area (Å²) in [6, 6.07) is 5.57. The summed E-state index contributed by atoms with van der Waals surface area (Å²) in [7, 11) is 1.57. The van der Waals surface area contributed by atoms with Gasteiger partial charge in [0.05, 0.1) is 12.8 Å². The highest BCUT2D eigenvalue weighted by molar-refractivity contribution is 7.13. The van der Waals surface area contributed by atoms with Crippen molar-refractivity contribution in [1.82, 2.24) is 4.98 Å². The zero-order valence-corrected chi connectivity index (χ0v) is 16.1. The number of hydrogen-bond acceptors (Lipinski definition) is 5. The molecule has 0 aliphatic rings. The van der Waals surface area contributed by atoms with Gasteiger partial charge in [-0.25, -0.2) is 4.98 Å². The van der Waals surface area contributed by atoms with Gasteiger partial charge in [-0.05, 0) is 24.6 Å². The smallest absolute Gasteiger partial charge is 0.264 e. The third kappa shape index (κ3) is 5.32. The Bertz CT molecular complexity index is 760. The third-order valence-corrected chi connectivity index (χ3v) is 4.18. The fraction of sp³-hybridized carbons (Fsp3) is 0.368. The van der Waals surface area contributed by atoms with Gasteiger partial charge in [0.25, 0.3) is 5.91 Å². The van der Waals surface area contributed by atoms with Crippen LogP contribution in [0.3, 0.4) is 0 Å². The normalized spacial score (nSPS) is 11.6. The fourth-order valence-electron chi connectivity index (χ4n) is 2.07. The Morgan fingerprint density at radius 2 is 2.08 bits per heavy atom. The van der Waals surface area contributed by atoms with Crippen LogP contribution in [0.4, 0.5) is 5.13 Å². The van der Waals surface area contributed by atoms with Crippen molar-refractivity contribution in [3.8, 4) is 11.5 Å². The summed E-state index contributed by atoms with van der Waals surface area (Å²) in [5.41, 5.74) is 1.92. The molecular weight excluding hydrogens is 336 g/mol. The third-order valence-electron chi connectivity index (χ3n) is 3.42. The molecule has 0 unspecified atom stereocenters. The summed E-state index contributed by atoms with van der Waals surface area (Å²) < 4.78 is 10.9. The van der Waals surface area contributed by atoms with E-state index < -0.39 is 0 Å². The molecule has 25 heavy (non-hydrogen) atoms. The maximum atomic E-state index is 12.1. The molecule has 1 aromatic carbocycles. The van der Waals surface area contributed by atoms with Crippen molar-refractivity contribution in [2.75, 3.05) is 19.0 Å². The van der Waals surface area contributed by atoms with Crippen molar-refractivity contribution < 1.29 is 14.3 Å². The average molecular weight is 360 g/mol. The number of hydrogen-bond donors (Lipinski definition) is 1. The predicted octanol–water partition coefficient (Wildman–Crippen LogP) is 4.50. The molecule has 0 bridgehead atoms. The maximum Gasteiger partial charge on any atom is 0.264 e. The lowest BCUT2D eigenvalue weighted by atomic mass is 9.93. The first-order chi connectivity index (χ1) is 11.8. The lowest BCUT2D eigenvalue weighted by Gasteiger charge is -2.14. The van der Waals surface area contributed by atoms with Crippen LogP contribution in [0.25, 0.3) is 6.08 Å². The molecule has 0 spiro atoms. The predicted molar refractivity (Wildman–Crippen MR) is 103 cm³/mol. The molecule has 2 rings (SSSR count). The SMILES string of the molecule is C/C=C/c1ccc(OCC(=O)Nc2nc(C(C)(C)C)cs2)c(OC)c1. The van der Waals surface area contributed by atoms with Gasteiger partial charge in [-0.2, -0.15) is 0 Å². The van der Waals surface area contributed by atoms with Crippen LogP contribution in [0.2, 0.25) is 0 Å². The first-order valence-corrected chi connectivity index (χ1v) is 8.91. The summed E-state index contributed by atoms with van der Waals surface area (Å²) in [5, 5.41) is 5.30. The van der Waals surface area contributed by atoms with Crippen LogP contribution < -0.4 is 14.8 Å². The van der Waals surface area contributed by atoms with Crippen molar-refractivity contribution >= 4 is 28.5 Å². The van der Waals surface area contributed by atoms with E-state index in [1.165, 1.54) is 11.3 Å². The Balaban J connectivity index is 1.97. The van der Waals surface area contributed by atoms with E-state index in [0.717, 1.165) is 11.3 Å². The molecule has 0 saturated carbocycles. The molecule has 0 atom stereocenters. The molecule has 1 N–H and O–H groups in total. The van der Waals surface area contributed by atoms with Gasteiger partial charge in [-0.3, -0.25) is 10.1 Å². The quantitative estimate of drug-likeness (QED) is 0.824. The van der Waals surface area contributed by atoms with E-state index in [1.807, 2.05) is 36.6 Å². The van der Waals surface area contributed by atoms with E-state index in [2.05, 4.69) is 31.1 Å². The molecule has 1 aromatic heterocycles. The van der Waals surface area contributed by atoms with Crippen LogP contribution >= 0.6 is 11.3 Å². The second-order valence-electron chi connectivity index (χ2n) is 6.54. The van der Waals surface area contributed by atoms with E-state index in [0.29, 0.717) is 16.6 Å². The minimum atomic E-state index is -0.255. The number of nitrogens with zero attached hydrogens (tertiary/aromatic N) is 1. The second kappa shape index (κ2) is 8.16. The van der Waals surface area contributed by atoms with Gasteiger partial charge >= 0.3 is 0 Å². The van der Waals surface area contributed by atoms with E-state index >= 15 is 0 Å². The zero-order valence-electron chi connectivity index (χ0n) is 15.3. The summed E-state index contributed by atoms with van der Waals surface area (Å²) in [5.74, 6) is 0.863. The summed E-state index contributed by atoms with van der Waals surface area (Å²) in [4.78, 5) is 16.5. The molecule has 0 aliphatic heterocycles. The largest absolute Gasteiger partial charge is 0.493 e. The molecular formula is C19H24N2O3S. The number of methoxy groups -OCH3 is 1. The summed E-state index contributed by atoms with van der Waals surface area (Å²) in [6.45, 7) is 8.09. The fourth-order valence-corrected chi connectivity index (χ4v) is 3.03. The molecule has 6 heteroatoms. The van der Waals surface area contributed by atoms with Gasteiger partial charge in [-0.15, -0.1) is 11.3 Å². The minimum absolute atomic E-state index is 0.0436. The van der Waals surface area contributed by atoms with E-state index in [-0.39, 0.29) is 17.9 Å². The van der Waals surface area contributed by atoms with Crippen LogP contribution in [0.5, 0.6) is 11.5 Å². The molecule has 0 radical (unpaired) electrons. The number of ether oxygens (including phenoxy) is 2. The second-order valence-corrected chi connectivity index (χ2v) is 7.39. The van der Waals surface area contributed by atoms with Crippen LogP contribution in [0.1, 0.15) is 39.0 Å². The first-order valence-electron chi connectivity index (χ1n) is 8.03. The minimum Gasteiger partial charge on any atom is -0.493 e. The number of carbonyl (C=O) groups is 1. The summed E-state index contributed by atoms with van der Waals surface area (Å²) >= 11 is 1.41. The van der Waals surface area contributed by atoms with Gasteiger partial charge in [0.1, 0.15) is 0 Å². The number of anilines is 1. The van der Waals surface area contributed by atoms with Crippen molar-refractivity contribution in [2.24, 2.45) is 0 Å². The first kappa shape index (κ1) is 19.0. The highest BCUT2D eigenvalue weighted by Gasteiger charge is 2.18. The van der Waals surface area contributed by atoms with E-state index in [1.54, 1.807) is 13.2 Å². The number of carbonyl (C=O) groups excluding carboxylic acids is 1. The number of amides is 1. The molecule has 0 saturated heterocycles. The van der Waals surface area contributed by atoms with Crippen molar-refractivity contribution in [1.29, 1.82) is 0 Å². The highest BCUT2D eigenvalue weighted by Crippen LogP contribution is 2.29. The van der Waals surface area contributed by atoms with Crippen LogP contribution in [-0.4, -0.2) is 24.6 Å².